The quantitative estimate of drug-likeness (QED) is 0.865. The third-order valence-electron chi connectivity index (χ3n) is 2.93. The fraction of sp³-hybridized carbons (Fsp3) is 0.467. The van der Waals surface area contributed by atoms with Crippen LogP contribution in [0.4, 0.5) is 0 Å². The van der Waals surface area contributed by atoms with Crippen molar-refractivity contribution in [3.63, 3.8) is 0 Å². The van der Waals surface area contributed by atoms with Gasteiger partial charge in [-0.1, -0.05) is 30.3 Å². The van der Waals surface area contributed by atoms with Gasteiger partial charge in [-0.05, 0) is 39.2 Å². The minimum atomic E-state index is -0.596. The lowest BCUT2D eigenvalue weighted by Crippen LogP contribution is -2.45. The maximum absolute atomic E-state index is 11.7. The van der Waals surface area contributed by atoms with E-state index in [4.69, 9.17) is 5.26 Å². The Morgan fingerprint density at radius 1 is 1.39 bits per heavy atom. The molecule has 0 fully saturated rings. The van der Waals surface area contributed by atoms with Crippen LogP contribution in [0.3, 0.4) is 0 Å². The Morgan fingerprint density at radius 3 is 2.56 bits per heavy atom. The van der Waals surface area contributed by atoms with Crippen molar-refractivity contribution in [2.24, 2.45) is 5.92 Å². The smallest absolute Gasteiger partial charge is 0.237 e. The molecule has 0 aliphatic carbocycles. The molecule has 0 aliphatic heterocycles. The van der Waals surface area contributed by atoms with Gasteiger partial charge in [0.25, 0.3) is 0 Å². The van der Waals surface area contributed by atoms with Crippen LogP contribution in [0, 0.1) is 17.2 Å². The van der Waals surface area contributed by atoms with Crippen LogP contribution in [-0.4, -0.2) is 11.4 Å². The average molecular weight is 244 g/mol. The summed E-state index contributed by atoms with van der Waals surface area (Å²) in [7, 11) is 0. The largest absolute Gasteiger partial charge is 0.350 e. The molecule has 3 heteroatoms. The Labute approximate surface area is 109 Å². The van der Waals surface area contributed by atoms with Crippen molar-refractivity contribution in [2.75, 3.05) is 0 Å². The van der Waals surface area contributed by atoms with E-state index in [1.54, 1.807) is 6.92 Å². The van der Waals surface area contributed by atoms with Gasteiger partial charge in [0.1, 0.15) is 5.92 Å². The van der Waals surface area contributed by atoms with Crippen LogP contribution in [-0.2, 0) is 11.2 Å². The molecule has 1 N–H and O–H groups in total. The summed E-state index contributed by atoms with van der Waals surface area (Å²) >= 11 is 0. The second kappa shape index (κ2) is 6.20. The van der Waals surface area contributed by atoms with Crippen LogP contribution < -0.4 is 5.32 Å². The highest BCUT2D eigenvalue weighted by molar-refractivity contribution is 5.81. The lowest BCUT2D eigenvalue weighted by atomic mass is 9.94. The number of nitrogens with one attached hydrogen (secondary N) is 1. The second-order valence-electron chi connectivity index (χ2n) is 5.21. The van der Waals surface area contributed by atoms with Crippen LogP contribution >= 0.6 is 0 Å². The number of carbonyl (C=O) groups is 1. The van der Waals surface area contributed by atoms with Gasteiger partial charge in [0.2, 0.25) is 5.91 Å². The molecular formula is C15H20N2O. The highest BCUT2D eigenvalue weighted by Crippen LogP contribution is 2.14. The minimum absolute atomic E-state index is 0.199. The molecule has 1 unspecified atom stereocenters. The summed E-state index contributed by atoms with van der Waals surface area (Å²) in [5.74, 6) is -0.795. The zero-order valence-corrected chi connectivity index (χ0v) is 11.2. The molecule has 0 heterocycles. The lowest BCUT2D eigenvalue weighted by molar-refractivity contribution is -0.124. The van der Waals surface area contributed by atoms with Crippen LogP contribution in [0.25, 0.3) is 0 Å². The molecule has 1 atom stereocenters. The first-order valence-electron chi connectivity index (χ1n) is 6.20. The number of benzene rings is 1. The van der Waals surface area contributed by atoms with Gasteiger partial charge in [-0.25, -0.2) is 0 Å². The molecule has 0 saturated carbocycles. The topological polar surface area (TPSA) is 52.9 Å². The number of nitriles is 1. The minimum Gasteiger partial charge on any atom is -0.350 e. The summed E-state index contributed by atoms with van der Waals surface area (Å²) in [6.07, 6.45) is 1.76. The fourth-order valence-corrected chi connectivity index (χ4v) is 1.66. The third-order valence-corrected chi connectivity index (χ3v) is 2.93. The number of hydrogen-bond donors (Lipinski definition) is 1. The van der Waals surface area contributed by atoms with Crippen molar-refractivity contribution >= 4 is 5.91 Å². The Balaban J connectivity index is 2.50. The molecule has 0 aromatic heterocycles. The van der Waals surface area contributed by atoms with E-state index in [9.17, 15) is 4.79 Å². The molecule has 18 heavy (non-hydrogen) atoms. The van der Waals surface area contributed by atoms with Crippen molar-refractivity contribution in [1.29, 1.82) is 5.26 Å². The molecule has 0 saturated heterocycles. The van der Waals surface area contributed by atoms with Crippen molar-refractivity contribution in [2.45, 2.75) is 39.2 Å². The first-order chi connectivity index (χ1) is 8.44. The summed E-state index contributed by atoms with van der Waals surface area (Å²) in [6.45, 7) is 5.58. The summed E-state index contributed by atoms with van der Waals surface area (Å²) in [6, 6.07) is 12.1. The molecule has 0 bridgehead atoms. The number of aryl methyl sites for hydroxylation is 1. The molecule has 3 nitrogen and oxygen atoms in total. The van der Waals surface area contributed by atoms with Gasteiger partial charge in [-0.2, -0.15) is 5.26 Å². The fourth-order valence-electron chi connectivity index (χ4n) is 1.66. The first-order valence-corrected chi connectivity index (χ1v) is 6.20. The van der Waals surface area contributed by atoms with Crippen LogP contribution in [0.5, 0.6) is 0 Å². The summed E-state index contributed by atoms with van der Waals surface area (Å²) < 4.78 is 0. The zero-order valence-electron chi connectivity index (χ0n) is 11.2. The Kier molecular flexibility index (Phi) is 4.91. The molecule has 0 aliphatic rings. The summed E-state index contributed by atoms with van der Waals surface area (Å²) in [5, 5.41) is 11.6. The Morgan fingerprint density at radius 2 is 2.00 bits per heavy atom. The van der Waals surface area contributed by atoms with Crippen molar-refractivity contribution in [3.05, 3.63) is 35.9 Å². The predicted molar refractivity (Wildman–Crippen MR) is 71.8 cm³/mol. The molecule has 1 rings (SSSR count). The van der Waals surface area contributed by atoms with Gasteiger partial charge in [0.05, 0.1) is 6.07 Å². The van der Waals surface area contributed by atoms with Crippen LogP contribution in [0.2, 0.25) is 0 Å². The Hall–Kier alpha value is -1.82. The standard InChI is InChI=1S/C15H20N2O/c1-12(11-16)14(18)17-15(2,3)10-9-13-7-5-4-6-8-13/h4-8,12H,9-10H2,1-3H3,(H,17,18). The Bertz CT molecular complexity index is 432. The van der Waals surface area contributed by atoms with E-state index in [-0.39, 0.29) is 11.4 Å². The molecule has 1 amide bonds. The highest BCUT2D eigenvalue weighted by atomic mass is 16.2. The van der Waals surface area contributed by atoms with Gasteiger partial charge < -0.3 is 5.32 Å². The highest BCUT2D eigenvalue weighted by Gasteiger charge is 2.23. The van der Waals surface area contributed by atoms with E-state index in [1.807, 2.05) is 38.1 Å². The molecule has 96 valence electrons. The lowest BCUT2D eigenvalue weighted by Gasteiger charge is -2.27. The van der Waals surface area contributed by atoms with Gasteiger partial charge >= 0.3 is 0 Å². The number of carbonyl (C=O) groups excluding carboxylic acids is 1. The van der Waals surface area contributed by atoms with Gasteiger partial charge in [0.15, 0.2) is 0 Å². The van der Waals surface area contributed by atoms with Crippen molar-refractivity contribution < 1.29 is 4.79 Å². The zero-order chi connectivity index (χ0) is 13.6. The van der Waals surface area contributed by atoms with E-state index in [0.717, 1.165) is 12.8 Å². The molecule has 1 aromatic rings. The van der Waals surface area contributed by atoms with E-state index in [2.05, 4.69) is 17.4 Å². The van der Waals surface area contributed by atoms with E-state index in [0.29, 0.717) is 0 Å². The summed E-state index contributed by atoms with van der Waals surface area (Å²) in [4.78, 5) is 11.7. The van der Waals surface area contributed by atoms with Crippen molar-refractivity contribution in [3.8, 4) is 6.07 Å². The van der Waals surface area contributed by atoms with E-state index >= 15 is 0 Å². The number of amides is 1. The maximum Gasteiger partial charge on any atom is 0.237 e. The molecule has 0 radical (unpaired) electrons. The summed E-state index contributed by atoms with van der Waals surface area (Å²) in [5.41, 5.74) is 0.964. The van der Waals surface area contributed by atoms with Crippen molar-refractivity contribution in [1.82, 2.24) is 5.32 Å². The normalized spacial score (nSPS) is 12.6. The number of rotatable bonds is 5. The molecule has 0 spiro atoms. The predicted octanol–water partition coefficient (Wildman–Crippen LogP) is 2.67. The second-order valence-corrected chi connectivity index (χ2v) is 5.21. The number of hydrogen-bond acceptors (Lipinski definition) is 2. The van der Waals surface area contributed by atoms with Crippen LogP contribution in [0.1, 0.15) is 32.8 Å². The van der Waals surface area contributed by atoms with Gasteiger partial charge in [-0.3, -0.25) is 4.79 Å². The third kappa shape index (κ3) is 4.58. The monoisotopic (exact) mass is 244 g/mol. The van der Waals surface area contributed by atoms with Gasteiger partial charge in [-0.15, -0.1) is 0 Å². The maximum atomic E-state index is 11.7. The van der Waals surface area contributed by atoms with E-state index in [1.165, 1.54) is 5.56 Å². The molecule has 1 aromatic carbocycles. The van der Waals surface area contributed by atoms with E-state index < -0.39 is 5.92 Å². The van der Waals surface area contributed by atoms with Crippen LogP contribution in [0.15, 0.2) is 30.3 Å². The van der Waals surface area contributed by atoms with Gasteiger partial charge in [0, 0.05) is 5.54 Å². The number of nitrogens with zero attached hydrogens (tertiary/aromatic N) is 1. The molecular weight excluding hydrogens is 224 g/mol. The first kappa shape index (κ1) is 14.2. The SMILES string of the molecule is CC(C#N)C(=O)NC(C)(C)CCc1ccccc1. The average Bonchev–Trinajstić information content (AvgIpc) is 2.36.